The predicted molar refractivity (Wildman–Crippen MR) is 55.0 cm³/mol. The van der Waals surface area contributed by atoms with Crippen LogP contribution in [0.3, 0.4) is 0 Å². The molecule has 0 N–H and O–H groups in total. The Hall–Kier alpha value is -1.04. The summed E-state index contributed by atoms with van der Waals surface area (Å²) in [4.78, 5) is 0. The van der Waals surface area contributed by atoms with E-state index in [1.165, 1.54) is 0 Å². The molecular weight excluding hydrogens is 144 g/mol. The summed E-state index contributed by atoms with van der Waals surface area (Å²) in [6.07, 6.45) is 22.0. The van der Waals surface area contributed by atoms with E-state index in [0.29, 0.717) is 0 Å². The molecule has 0 aromatic heterocycles. The standard InChI is InChI=1S/C12H16/c1-2-4-6-8-10-12-11-9-7-5-3-1/h1-4,9-12H,5-8H2/b3-1-,4-2+,11-9-,12-10?. The molecule has 12 heavy (non-hydrogen) atoms. The van der Waals surface area contributed by atoms with Crippen LogP contribution in [0.5, 0.6) is 0 Å². The molecule has 0 aromatic carbocycles. The van der Waals surface area contributed by atoms with Gasteiger partial charge in [0.15, 0.2) is 0 Å². The van der Waals surface area contributed by atoms with E-state index in [4.69, 9.17) is 0 Å². The van der Waals surface area contributed by atoms with Gasteiger partial charge in [-0.05, 0) is 25.7 Å². The molecule has 0 heterocycles. The molecule has 0 amide bonds. The lowest BCUT2D eigenvalue weighted by atomic mass is 10.2. The molecule has 0 bridgehead atoms. The molecule has 0 spiro atoms. The first-order valence-electron chi connectivity index (χ1n) is 4.63. The average Bonchev–Trinajstić information content (AvgIpc) is 2.05. The van der Waals surface area contributed by atoms with E-state index in [2.05, 4.69) is 48.6 Å². The van der Waals surface area contributed by atoms with Crippen LogP contribution in [-0.4, -0.2) is 0 Å². The van der Waals surface area contributed by atoms with Crippen LogP contribution in [0.15, 0.2) is 48.6 Å². The molecule has 0 nitrogen and oxygen atoms in total. The van der Waals surface area contributed by atoms with Crippen LogP contribution < -0.4 is 0 Å². The monoisotopic (exact) mass is 160 g/mol. The second-order valence-corrected chi connectivity index (χ2v) is 2.87. The van der Waals surface area contributed by atoms with Gasteiger partial charge in [0, 0.05) is 0 Å². The average molecular weight is 160 g/mol. The minimum Gasteiger partial charge on any atom is -0.0842 e. The number of hydrogen-bond donors (Lipinski definition) is 0. The van der Waals surface area contributed by atoms with Crippen LogP contribution in [0.4, 0.5) is 0 Å². The van der Waals surface area contributed by atoms with Gasteiger partial charge in [-0.3, -0.25) is 0 Å². The number of rotatable bonds is 0. The van der Waals surface area contributed by atoms with Crippen LogP contribution >= 0.6 is 0 Å². The molecule has 0 saturated carbocycles. The lowest BCUT2D eigenvalue weighted by Crippen LogP contribution is -1.67. The number of hydrogen-bond acceptors (Lipinski definition) is 0. The zero-order chi connectivity index (χ0) is 8.49. The summed E-state index contributed by atoms with van der Waals surface area (Å²) in [7, 11) is 0. The summed E-state index contributed by atoms with van der Waals surface area (Å²) in [5.41, 5.74) is 0. The first kappa shape index (κ1) is 9.05. The Bertz CT molecular complexity index is 156. The lowest BCUT2D eigenvalue weighted by molar-refractivity contribution is 1.04. The van der Waals surface area contributed by atoms with Gasteiger partial charge >= 0.3 is 0 Å². The van der Waals surface area contributed by atoms with E-state index in [1.54, 1.807) is 0 Å². The Kier molecular flexibility index (Phi) is 5.02. The zero-order valence-electron chi connectivity index (χ0n) is 7.45. The van der Waals surface area contributed by atoms with Crippen LogP contribution in [0.25, 0.3) is 0 Å². The molecule has 1 aliphatic carbocycles. The topological polar surface area (TPSA) is 0 Å². The molecule has 0 aliphatic heterocycles. The third-order valence-electron chi connectivity index (χ3n) is 1.77. The van der Waals surface area contributed by atoms with Gasteiger partial charge in [0.2, 0.25) is 0 Å². The van der Waals surface area contributed by atoms with Crippen molar-refractivity contribution in [1.29, 1.82) is 0 Å². The van der Waals surface area contributed by atoms with E-state index in [-0.39, 0.29) is 0 Å². The normalized spacial score (nSPS) is 26.7. The highest BCUT2D eigenvalue weighted by molar-refractivity contribution is 5.07. The Labute approximate surface area is 75.0 Å². The third-order valence-corrected chi connectivity index (χ3v) is 1.77. The number of allylic oxidation sites excluding steroid dienone is 8. The summed E-state index contributed by atoms with van der Waals surface area (Å²) in [6, 6.07) is 0. The largest absolute Gasteiger partial charge is 0.0842 e. The lowest BCUT2D eigenvalue weighted by Gasteiger charge is -1.88. The molecule has 0 atom stereocenters. The second-order valence-electron chi connectivity index (χ2n) is 2.87. The van der Waals surface area contributed by atoms with Crippen LogP contribution in [-0.2, 0) is 0 Å². The van der Waals surface area contributed by atoms with E-state index in [1.807, 2.05) is 0 Å². The van der Waals surface area contributed by atoms with Crippen molar-refractivity contribution in [2.24, 2.45) is 0 Å². The van der Waals surface area contributed by atoms with Gasteiger partial charge in [-0.25, -0.2) is 0 Å². The summed E-state index contributed by atoms with van der Waals surface area (Å²) in [5, 5.41) is 0. The van der Waals surface area contributed by atoms with Gasteiger partial charge in [-0.15, -0.1) is 0 Å². The van der Waals surface area contributed by atoms with Crippen LogP contribution in [0.2, 0.25) is 0 Å². The van der Waals surface area contributed by atoms with Crippen LogP contribution in [0, 0.1) is 0 Å². The van der Waals surface area contributed by atoms with Crippen molar-refractivity contribution < 1.29 is 0 Å². The minimum absolute atomic E-state index is 1.15. The maximum Gasteiger partial charge on any atom is -0.0313 e. The maximum atomic E-state index is 2.21. The van der Waals surface area contributed by atoms with Crippen molar-refractivity contribution in [2.75, 3.05) is 0 Å². The molecule has 0 fully saturated rings. The summed E-state index contributed by atoms with van der Waals surface area (Å²) in [5.74, 6) is 0. The Morgan fingerprint density at radius 3 is 0.917 bits per heavy atom. The molecule has 1 rings (SSSR count). The van der Waals surface area contributed by atoms with Crippen LogP contribution in [0.1, 0.15) is 25.7 Å². The molecule has 0 heteroatoms. The fourth-order valence-corrected chi connectivity index (χ4v) is 1.08. The fourth-order valence-electron chi connectivity index (χ4n) is 1.08. The molecule has 0 aromatic rings. The van der Waals surface area contributed by atoms with Crippen molar-refractivity contribution in [2.45, 2.75) is 25.7 Å². The summed E-state index contributed by atoms with van der Waals surface area (Å²) >= 11 is 0. The van der Waals surface area contributed by atoms with Gasteiger partial charge in [0.25, 0.3) is 0 Å². The Morgan fingerprint density at radius 1 is 0.417 bits per heavy atom. The molecule has 0 radical (unpaired) electrons. The minimum atomic E-state index is 1.15. The molecule has 0 unspecified atom stereocenters. The highest BCUT2D eigenvalue weighted by atomic mass is 13.8. The van der Waals surface area contributed by atoms with E-state index in [0.717, 1.165) is 25.7 Å². The van der Waals surface area contributed by atoms with Gasteiger partial charge < -0.3 is 0 Å². The third kappa shape index (κ3) is 4.73. The van der Waals surface area contributed by atoms with Gasteiger partial charge in [-0.2, -0.15) is 0 Å². The summed E-state index contributed by atoms with van der Waals surface area (Å²) in [6.45, 7) is 0. The van der Waals surface area contributed by atoms with Crippen molar-refractivity contribution in [3.63, 3.8) is 0 Å². The van der Waals surface area contributed by atoms with Gasteiger partial charge in [0.05, 0.1) is 0 Å². The first-order valence-corrected chi connectivity index (χ1v) is 4.63. The Balaban J connectivity index is 2.40. The predicted octanol–water partition coefficient (Wildman–Crippen LogP) is 3.79. The Morgan fingerprint density at radius 2 is 0.667 bits per heavy atom. The van der Waals surface area contributed by atoms with Gasteiger partial charge in [-0.1, -0.05) is 48.6 Å². The van der Waals surface area contributed by atoms with Gasteiger partial charge in [0.1, 0.15) is 0 Å². The molecule has 1 aliphatic rings. The highest BCUT2D eigenvalue weighted by Crippen LogP contribution is 1.98. The zero-order valence-corrected chi connectivity index (χ0v) is 7.45. The smallest absolute Gasteiger partial charge is 0.0313 e. The van der Waals surface area contributed by atoms with Crippen molar-refractivity contribution >= 4 is 0 Å². The molecule has 64 valence electrons. The molecular formula is C12H16. The van der Waals surface area contributed by atoms with E-state index >= 15 is 0 Å². The summed E-state index contributed by atoms with van der Waals surface area (Å²) < 4.78 is 0. The maximum absolute atomic E-state index is 2.21. The van der Waals surface area contributed by atoms with Crippen molar-refractivity contribution in [1.82, 2.24) is 0 Å². The van der Waals surface area contributed by atoms with E-state index in [9.17, 15) is 0 Å². The van der Waals surface area contributed by atoms with Crippen molar-refractivity contribution in [3.8, 4) is 0 Å². The second kappa shape index (κ2) is 6.66. The van der Waals surface area contributed by atoms with Crippen molar-refractivity contribution in [3.05, 3.63) is 48.6 Å². The molecule has 0 saturated heterocycles. The highest BCUT2D eigenvalue weighted by Gasteiger charge is 1.78. The SMILES string of the molecule is C1=CCC/C=C/C=C\CC/C=C\1. The first-order chi connectivity index (χ1) is 6.00. The quantitative estimate of drug-likeness (QED) is 0.506. The fraction of sp³-hybridized carbons (Fsp3) is 0.333. The van der Waals surface area contributed by atoms with E-state index < -0.39 is 0 Å².